The fourth-order valence-electron chi connectivity index (χ4n) is 2.98. The van der Waals surface area contributed by atoms with Gasteiger partial charge in [0.1, 0.15) is 5.75 Å². The number of rotatable bonds is 7. The van der Waals surface area contributed by atoms with E-state index in [1.165, 1.54) is 32.6 Å². The fourth-order valence-corrected chi connectivity index (χ4v) is 2.98. The fraction of sp³-hybridized carbons (Fsp3) is 0.143. The summed E-state index contributed by atoms with van der Waals surface area (Å²) in [5, 5.41) is 17.2. The first-order valence-corrected chi connectivity index (χ1v) is 8.72. The van der Waals surface area contributed by atoms with Crippen molar-refractivity contribution in [2.75, 3.05) is 14.2 Å². The van der Waals surface area contributed by atoms with Gasteiger partial charge in [-0.05, 0) is 16.3 Å². The number of hydrazone groups is 1. The summed E-state index contributed by atoms with van der Waals surface area (Å²) in [6.07, 6.45) is 1.45. The van der Waals surface area contributed by atoms with Gasteiger partial charge in [-0.1, -0.05) is 42.5 Å². The number of nitrogens with zero attached hydrogens (tertiary/aromatic N) is 2. The Hall–Kier alpha value is -3.94. The number of amides is 1. The highest BCUT2D eigenvalue weighted by atomic mass is 16.6. The highest BCUT2D eigenvalue weighted by Gasteiger charge is 2.19. The molecular formula is C21H19N3O5. The summed E-state index contributed by atoms with van der Waals surface area (Å²) < 4.78 is 10.2. The number of nitrogens with one attached hydrogen (secondary N) is 1. The lowest BCUT2D eigenvalue weighted by Crippen LogP contribution is -2.20. The second kappa shape index (κ2) is 8.83. The Labute approximate surface area is 166 Å². The van der Waals surface area contributed by atoms with Crippen molar-refractivity contribution in [3.63, 3.8) is 0 Å². The molecule has 0 spiro atoms. The zero-order valence-electron chi connectivity index (χ0n) is 15.9. The Morgan fingerprint density at radius 2 is 1.83 bits per heavy atom. The maximum Gasteiger partial charge on any atom is 0.311 e. The molecule has 0 bridgehead atoms. The number of fused-ring (bicyclic) bond motifs is 1. The molecule has 3 rings (SSSR count). The first-order chi connectivity index (χ1) is 14.0. The normalized spacial score (nSPS) is 10.8. The van der Waals surface area contributed by atoms with E-state index in [0.717, 1.165) is 16.3 Å². The lowest BCUT2D eigenvalue weighted by atomic mass is 10.0. The highest BCUT2D eigenvalue weighted by molar-refractivity contribution is 5.91. The standard InChI is InChI=1S/C21H19N3O5/c1-28-19-12-20(29-2)18(24(26)27)10-16(19)13-22-23-21(25)11-15-8-5-7-14-6-3-4-9-17(14)15/h3-10,12-13H,11H2,1-2H3,(H,23,25)/b22-13+. The lowest BCUT2D eigenvalue weighted by Gasteiger charge is -2.08. The number of nitro groups is 1. The van der Waals surface area contributed by atoms with Crippen LogP contribution in [-0.4, -0.2) is 31.3 Å². The topological polar surface area (TPSA) is 103 Å². The summed E-state index contributed by atoms with van der Waals surface area (Å²) >= 11 is 0. The van der Waals surface area contributed by atoms with Gasteiger partial charge in [0.2, 0.25) is 11.7 Å². The van der Waals surface area contributed by atoms with Crippen LogP contribution < -0.4 is 14.9 Å². The van der Waals surface area contributed by atoms with Gasteiger partial charge in [0.15, 0.2) is 0 Å². The molecule has 0 fully saturated rings. The van der Waals surface area contributed by atoms with E-state index in [0.29, 0.717) is 11.3 Å². The molecule has 0 aliphatic carbocycles. The van der Waals surface area contributed by atoms with Gasteiger partial charge in [-0.2, -0.15) is 5.10 Å². The van der Waals surface area contributed by atoms with Crippen LogP contribution in [0.5, 0.6) is 11.5 Å². The molecule has 3 aromatic rings. The summed E-state index contributed by atoms with van der Waals surface area (Å²) in [6.45, 7) is 0. The van der Waals surface area contributed by atoms with Crippen LogP contribution in [0.4, 0.5) is 5.69 Å². The van der Waals surface area contributed by atoms with Crippen molar-refractivity contribution in [2.24, 2.45) is 5.10 Å². The zero-order valence-corrected chi connectivity index (χ0v) is 15.9. The average molecular weight is 393 g/mol. The van der Waals surface area contributed by atoms with Gasteiger partial charge in [0.25, 0.3) is 0 Å². The van der Waals surface area contributed by atoms with E-state index in [1.807, 2.05) is 42.5 Å². The first kappa shape index (κ1) is 19.8. The molecular weight excluding hydrogens is 374 g/mol. The monoisotopic (exact) mass is 393 g/mol. The molecule has 29 heavy (non-hydrogen) atoms. The molecule has 0 saturated heterocycles. The van der Waals surface area contributed by atoms with E-state index in [1.54, 1.807) is 0 Å². The Balaban J connectivity index is 1.76. The molecule has 1 amide bonds. The number of methoxy groups -OCH3 is 2. The summed E-state index contributed by atoms with van der Waals surface area (Å²) in [5.41, 5.74) is 3.44. The quantitative estimate of drug-likeness (QED) is 0.376. The summed E-state index contributed by atoms with van der Waals surface area (Å²) in [6, 6.07) is 16.3. The van der Waals surface area contributed by atoms with Crippen LogP contribution in [0.15, 0.2) is 59.7 Å². The number of hydrogen-bond donors (Lipinski definition) is 1. The Morgan fingerprint density at radius 3 is 2.55 bits per heavy atom. The number of nitro benzene ring substituents is 1. The number of hydrogen-bond acceptors (Lipinski definition) is 6. The molecule has 0 radical (unpaired) electrons. The van der Waals surface area contributed by atoms with Crippen molar-refractivity contribution in [2.45, 2.75) is 6.42 Å². The number of carbonyl (C=O) groups excluding carboxylic acids is 1. The minimum atomic E-state index is -0.561. The predicted molar refractivity (Wildman–Crippen MR) is 110 cm³/mol. The van der Waals surface area contributed by atoms with Gasteiger partial charge in [0, 0.05) is 17.7 Å². The molecule has 8 nitrogen and oxygen atoms in total. The minimum absolute atomic E-state index is 0.0731. The van der Waals surface area contributed by atoms with E-state index >= 15 is 0 Å². The Morgan fingerprint density at radius 1 is 1.10 bits per heavy atom. The molecule has 0 aliphatic rings. The molecule has 0 unspecified atom stereocenters. The van der Waals surface area contributed by atoms with Crippen molar-refractivity contribution in [1.29, 1.82) is 0 Å². The third-order valence-corrected chi connectivity index (χ3v) is 4.35. The third kappa shape index (κ3) is 4.49. The average Bonchev–Trinajstić information content (AvgIpc) is 2.73. The maximum atomic E-state index is 12.3. The smallest absolute Gasteiger partial charge is 0.311 e. The van der Waals surface area contributed by atoms with Gasteiger partial charge < -0.3 is 9.47 Å². The van der Waals surface area contributed by atoms with E-state index in [9.17, 15) is 14.9 Å². The maximum absolute atomic E-state index is 12.3. The van der Waals surface area contributed by atoms with Crippen molar-refractivity contribution >= 4 is 28.6 Å². The largest absolute Gasteiger partial charge is 0.496 e. The van der Waals surface area contributed by atoms with E-state index in [-0.39, 0.29) is 23.8 Å². The van der Waals surface area contributed by atoms with Crippen LogP contribution >= 0.6 is 0 Å². The highest BCUT2D eigenvalue weighted by Crippen LogP contribution is 2.33. The van der Waals surface area contributed by atoms with Crippen LogP contribution in [0.3, 0.4) is 0 Å². The Kier molecular flexibility index (Phi) is 6.03. The van der Waals surface area contributed by atoms with E-state index in [4.69, 9.17) is 9.47 Å². The predicted octanol–water partition coefficient (Wildman–Crippen LogP) is 3.46. The van der Waals surface area contributed by atoms with Crippen LogP contribution in [0.1, 0.15) is 11.1 Å². The molecule has 0 heterocycles. The van der Waals surface area contributed by atoms with Gasteiger partial charge in [-0.15, -0.1) is 0 Å². The van der Waals surface area contributed by atoms with Crippen LogP contribution in [0.2, 0.25) is 0 Å². The molecule has 0 atom stereocenters. The van der Waals surface area contributed by atoms with E-state index < -0.39 is 4.92 Å². The second-order valence-electron chi connectivity index (χ2n) is 6.13. The molecule has 1 N–H and O–H groups in total. The molecule has 0 aromatic heterocycles. The summed E-state index contributed by atoms with van der Waals surface area (Å²) in [4.78, 5) is 22.9. The van der Waals surface area contributed by atoms with Gasteiger partial charge >= 0.3 is 5.69 Å². The van der Waals surface area contributed by atoms with Crippen molar-refractivity contribution in [1.82, 2.24) is 5.43 Å². The molecule has 3 aromatic carbocycles. The number of ether oxygens (including phenoxy) is 2. The SMILES string of the molecule is COc1cc(OC)c([N+](=O)[O-])cc1/C=N/NC(=O)Cc1cccc2ccccc12. The molecule has 0 saturated carbocycles. The lowest BCUT2D eigenvalue weighted by molar-refractivity contribution is -0.385. The molecule has 0 aliphatic heterocycles. The summed E-state index contributed by atoms with van der Waals surface area (Å²) in [5.74, 6) is 0.100. The van der Waals surface area contributed by atoms with Crippen LogP contribution in [-0.2, 0) is 11.2 Å². The first-order valence-electron chi connectivity index (χ1n) is 8.72. The van der Waals surface area contributed by atoms with Gasteiger partial charge in [0.05, 0.1) is 31.8 Å². The number of carbonyl (C=O) groups is 1. The van der Waals surface area contributed by atoms with Crippen molar-refractivity contribution in [3.8, 4) is 11.5 Å². The molecule has 8 heteroatoms. The molecule has 148 valence electrons. The van der Waals surface area contributed by atoms with E-state index in [2.05, 4.69) is 10.5 Å². The van der Waals surface area contributed by atoms with Gasteiger partial charge in [-0.25, -0.2) is 5.43 Å². The second-order valence-corrected chi connectivity index (χ2v) is 6.13. The van der Waals surface area contributed by atoms with Crippen LogP contribution in [0.25, 0.3) is 10.8 Å². The Bertz CT molecular complexity index is 1090. The van der Waals surface area contributed by atoms with Gasteiger partial charge in [-0.3, -0.25) is 14.9 Å². The van der Waals surface area contributed by atoms with Crippen molar-refractivity contribution < 1.29 is 19.2 Å². The summed E-state index contributed by atoms with van der Waals surface area (Å²) in [7, 11) is 2.76. The zero-order chi connectivity index (χ0) is 20.8. The number of benzene rings is 3. The van der Waals surface area contributed by atoms with Crippen molar-refractivity contribution in [3.05, 3.63) is 75.8 Å². The van der Waals surface area contributed by atoms with Crippen LogP contribution in [0, 0.1) is 10.1 Å². The third-order valence-electron chi connectivity index (χ3n) is 4.35. The minimum Gasteiger partial charge on any atom is -0.496 e.